The third-order valence-corrected chi connectivity index (χ3v) is 7.39. The Morgan fingerprint density at radius 1 is 1.17 bits per heavy atom. The predicted octanol–water partition coefficient (Wildman–Crippen LogP) is 2.67. The lowest BCUT2D eigenvalue weighted by Crippen LogP contribution is -2.50. The van der Waals surface area contributed by atoms with Crippen LogP contribution in [0.3, 0.4) is 0 Å². The van der Waals surface area contributed by atoms with Crippen LogP contribution in [0.15, 0.2) is 24.3 Å². The van der Waals surface area contributed by atoms with Crippen LogP contribution in [-0.2, 0) is 10.0 Å². The quantitative estimate of drug-likeness (QED) is 0.799. The summed E-state index contributed by atoms with van der Waals surface area (Å²) in [5.74, 6) is 1.95. The second kappa shape index (κ2) is 6.32. The monoisotopic (exact) mass is 339 g/mol. The molecule has 5 nitrogen and oxygen atoms in total. The molecule has 6 heteroatoms. The highest BCUT2D eigenvalue weighted by Crippen LogP contribution is 2.44. The summed E-state index contributed by atoms with van der Waals surface area (Å²) in [6.07, 6.45) is 3.06. The predicted molar refractivity (Wildman–Crippen MR) is 89.3 cm³/mol. The van der Waals surface area contributed by atoms with Crippen molar-refractivity contribution in [2.24, 2.45) is 5.92 Å². The first-order valence-corrected chi connectivity index (χ1v) is 9.73. The van der Waals surface area contributed by atoms with Gasteiger partial charge in [-0.15, -0.1) is 0 Å². The average molecular weight is 339 g/mol. The first kappa shape index (κ1) is 16.6. The van der Waals surface area contributed by atoms with Crippen molar-refractivity contribution in [2.45, 2.75) is 50.4 Å². The van der Waals surface area contributed by atoms with Crippen LogP contribution in [0.1, 0.15) is 33.1 Å². The molecule has 2 fully saturated rings. The minimum Gasteiger partial charge on any atom is -0.497 e. The molecule has 0 amide bonds. The summed E-state index contributed by atoms with van der Waals surface area (Å²) in [6, 6.07) is 7.53. The maximum atomic E-state index is 12.7. The minimum atomic E-state index is -3.24. The molecule has 0 N–H and O–H groups in total. The van der Waals surface area contributed by atoms with Crippen molar-refractivity contribution in [3.8, 4) is 11.5 Å². The lowest BCUT2D eigenvalue weighted by atomic mass is 10.0. The maximum absolute atomic E-state index is 12.7. The number of methoxy groups -OCH3 is 1. The summed E-state index contributed by atoms with van der Waals surface area (Å²) in [6.45, 7) is 3.92. The number of sulfonamides is 1. The fourth-order valence-corrected chi connectivity index (χ4v) is 5.46. The number of ether oxygens (including phenoxy) is 2. The van der Waals surface area contributed by atoms with Crippen LogP contribution in [0.25, 0.3) is 0 Å². The normalized spacial score (nSPS) is 27.6. The summed E-state index contributed by atoms with van der Waals surface area (Å²) in [4.78, 5) is 0. The lowest BCUT2D eigenvalue weighted by Gasteiger charge is -2.35. The van der Waals surface area contributed by atoms with Crippen molar-refractivity contribution in [2.75, 3.05) is 13.7 Å². The molecule has 0 spiro atoms. The van der Waals surface area contributed by atoms with E-state index in [9.17, 15) is 8.42 Å². The van der Waals surface area contributed by atoms with Gasteiger partial charge >= 0.3 is 0 Å². The number of rotatable bonds is 6. The van der Waals surface area contributed by atoms with E-state index in [1.165, 1.54) is 0 Å². The number of nitrogens with zero attached hydrogens (tertiary/aromatic N) is 1. The summed E-state index contributed by atoms with van der Waals surface area (Å²) in [5.41, 5.74) is 0. The van der Waals surface area contributed by atoms with Crippen molar-refractivity contribution in [3.63, 3.8) is 0 Å². The molecule has 1 aliphatic heterocycles. The molecule has 0 unspecified atom stereocenters. The molecule has 1 aromatic rings. The molecule has 1 saturated heterocycles. The molecule has 3 rings (SSSR count). The van der Waals surface area contributed by atoms with Gasteiger partial charge in [-0.2, -0.15) is 4.31 Å². The van der Waals surface area contributed by atoms with Gasteiger partial charge in [-0.05, 0) is 63.3 Å². The van der Waals surface area contributed by atoms with Crippen LogP contribution in [0.4, 0.5) is 0 Å². The number of benzene rings is 1. The highest BCUT2D eigenvalue weighted by atomic mass is 32.2. The molecule has 0 aromatic heterocycles. The van der Waals surface area contributed by atoms with E-state index >= 15 is 0 Å². The largest absolute Gasteiger partial charge is 0.497 e. The number of hydrogen-bond donors (Lipinski definition) is 0. The van der Waals surface area contributed by atoms with Gasteiger partial charge in [0.1, 0.15) is 18.1 Å². The van der Waals surface area contributed by atoms with E-state index in [1.54, 1.807) is 25.3 Å². The van der Waals surface area contributed by atoms with Crippen LogP contribution in [-0.4, -0.2) is 43.8 Å². The molecular weight excluding hydrogens is 314 g/mol. The van der Waals surface area contributed by atoms with Crippen molar-refractivity contribution in [3.05, 3.63) is 24.3 Å². The molecule has 2 aliphatic rings. The third kappa shape index (κ3) is 3.06. The molecule has 2 bridgehead atoms. The molecule has 1 saturated carbocycles. The first-order chi connectivity index (χ1) is 10.9. The Labute approximate surface area is 138 Å². The van der Waals surface area contributed by atoms with Gasteiger partial charge < -0.3 is 9.47 Å². The van der Waals surface area contributed by atoms with Gasteiger partial charge in [0.15, 0.2) is 0 Å². The summed E-state index contributed by atoms with van der Waals surface area (Å²) >= 11 is 0. The van der Waals surface area contributed by atoms with Crippen LogP contribution >= 0.6 is 0 Å². The second-order valence-electron chi connectivity index (χ2n) is 6.70. The summed E-state index contributed by atoms with van der Waals surface area (Å²) in [7, 11) is -1.61. The van der Waals surface area contributed by atoms with E-state index in [1.807, 2.05) is 24.3 Å². The molecule has 1 aromatic carbocycles. The standard InChI is InChI=1S/C17H25NO4S/c1-12(2)23(19,20)18-14-5-4-13(10-14)17(18)11-22-16-8-6-15(21-3)7-9-16/h6-9,12-14,17H,4-5,10-11H2,1-3H3/t13-,14+,17+/m0/s1. The zero-order valence-corrected chi connectivity index (χ0v) is 14.8. The van der Waals surface area contributed by atoms with Gasteiger partial charge in [-0.1, -0.05) is 0 Å². The second-order valence-corrected chi connectivity index (χ2v) is 9.10. The Morgan fingerprint density at radius 3 is 2.43 bits per heavy atom. The van der Waals surface area contributed by atoms with Gasteiger partial charge in [0.25, 0.3) is 0 Å². The van der Waals surface area contributed by atoms with E-state index in [0.717, 1.165) is 30.8 Å². The lowest BCUT2D eigenvalue weighted by molar-refractivity contribution is 0.161. The Morgan fingerprint density at radius 2 is 1.83 bits per heavy atom. The van der Waals surface area contributed by atoms with Gasteiger partial charge in [0.2, 0.25) is 10.0 Å². The Kier molecular flexibility index (Phi) is 4.56. The van der Waals surface area contributed by atoms with Crippen LogP contribution in [0, 0.1) is 5.92 Å². The van der Waals surface area contributed by atoms with Gasteiger partial charge in [-0.3, -0.25) is 0 Å². The number of fused-ring (bicyclic) bond motifs is 2. The smallest absolute Gasteiger partial charge is 0.217 e. The highest BCUT2D eigenvalue weighted by molar-refractivity contribution is 7.89. The van der Waals surface area contributed by atoms with Gasteiger partial charge in [-0.25, -0.2) is 8.42 Å². The van der Waals surface area contributed by atoms with Crippen molar-refractivity contribution in [1.82, 2.24) is 4.31 Å². The molecule has 128 valence electrons. The SMILES string of the molecule is COc1ccc(OC[C@@H]2[C@H]3CC[C@H](C3)N2S(=O)(=O)C(C)C)cc1. The Balaban J connectivity index is 1.72. The number of piperidine rings is 1. The van der Waals surface area contributed by atoms with Crippen LogP contribution in [0.2, 0.25) is 0 Å². The van der Waals surface area contributed by atoms with Crippen molar-refractivity contribution in [1.29, 1.82) is 0 Å². The minimum absolute atomic E-state index is 0.0387. The molecular formula is C17H25NO4S. The molecule has 23 heavy (non-hydrogen) atoms. The van der Waals surface area contributed by atoms with E-state index in [4.69, 9.17) is 9.47 Å². The molecule has 0 radical (unpaired) electrons. The van der Waals surface area contributed by atoms with Gasteiger partial charge in [0, 0.05) is 6.04 Å². The fraction of sp³-hybridized carbons (Fsp3) is 0.647. The maximum Gasteiger partial charge on any atom is 0.217 e. The zero-order valence-electron chi connectivity index (χ0n) is 13.9. The van der Waals surface area contributed by atoms with E-state index < -0.39 is 10.0 Å². The first-order valence-electron chi connectivity index (χ1n) is 8.22. The molecule has 1 heterocycles. The van der Waals surface area contributed by atoms with Crippen molar-refractivity contribution >= 4 is 10.0 Å². The Hall–Kier alpha value is -1.27. The third-order valence-electron chi connectivity index (χ3n) is 5.05. The Bertz CT molecular complexity index is 641. The topological polar surface area (TPSA) is 55.8 Å². The summed E-state index contributed by atoms with van der Waals surface area (Å²) < 4.78 is 38.1. The van der Waals surface area contributed by atoms with Crippen LogP contribution < -0.4 is 9.47 Å². The van der Waals surface area contributed by atoms with Crippen molar-refractivity contribution < 1.29 is 17.9 Å². The number of hydrogen-bond acceptors (Lipinski definition) is 4. The molecule has 3 atom stereocenters. The van der Waals surface area contributed by atoms with E-state index in [0.29, 0.717) is 12.5 Å². The molecule has 1 aliphatic carbocycles. The summed E-state index contributed by atoms with van der Waals surface area (Å²) in [5, 5.41) is -0.384. The highest BCUT2D eigenvalue weighted by Gasteiger charge is 2.51. The van der Waals surface area contributed by atoms with E-state index in [2.05, 4.69) is 0 Å². The van der Waals surface area contributed by atoms with E-state index in [-0.39, 0.29) is 17.3 Å². The fourth-order valence-electron chi connectivity index (χ4n) is 3.75. The average Bonchev–Trinajstić information content (AvgIpc) is 3.14. The van der Waals surface area contributed by atoms with Gasteiger partial charge in [0.05, 0.1) is 18.4 Å². The van der Waals surface area contributed by atoms with Crippen LogP contribution in [0.5, 0.6) is 11.5 Å². The zero-order chi connectivity index (χ0) is 16.6.